The Labute approximate surface area is 46.2 Å². The van der Waals surface area contributed by atoms with Crippen LogP contribution in [0.25, 0.3) is 0 Å². The molecule has 1 atom stereocenters. The highest BCUT2D eigenvalue weighted by molar-refractivity contribution is 6.11. The first kappa shape index (κ1) is 4.01. The molecule has 1 heterocycles. The number of hydrogen-bond donors (Lipinski definition) is 0. The van der Waals surface area contributed by atoms with E-state index < -0.39 is 0 Å². The first-order valence-corrected chi connectivity index (χ1v) is 2.49. The van der Waals surface area contributed by atoms with Crippen molar-refractivity contribution in [3.05, 3.63) is 24.1 Å². The predicted molar refractivity (Wildman–Crippen MR) is 29.6 cm³/mol. The summed E-state index contributed by atoms with van der Waals surface area (Å²) >= 11 is 0. The Morgan fingerprint density at radius 2 is 2.38 bits per heavy atom. The summed E-state index contributed by atoms with van der Waals surface area (Å²) in [5, 5.41) is 0. The Morgan fingerprint density at radius 1 is 1.50 bits per heavy atom. The molecule has 1 aliphatic carbocycles. The van der Waals surface area contributed by atoms with E-state index in [4.69, 9.17) is 0 Å². The van der Waals surface area contributed by atoms with Crippen molar-refractivity contribution in [1.29, 1.82) is 0 Å². The zero-order chi connectivity index (χ0) is 5.56. The van der Waals surface area contributed by atoms with Gasteiger partial charge in [0.25, 0.3) is 0 Å². The summed E-state index contributed by atoms with van der Waals surface area (Å²) in [6, 6.07) is 0.0972. The molecule has 2 aliphatic rings. The molecule has 0 bridgehead atoms. The Kier molecular flexibility index (Phi) is 0.539. The van der Waals surface area contributed by atoms with Gasteiger partial charge >= 0.3 is 0 Å². The summed E-state index contributed by atoms with van der Waals surface area (Å²) in [6.45, 7) is 0. The monoisotopic (exact) mass is 109 g/mol. The van der Waals surface area contributed by atoms with Gasteiger partial charge in [0.05, 0.1) is 5.71 Å². The zero-order valence-corrected chi connectivity index (χ0v) is 4.13. The van der Waals surface area contributed by atoms with Crippen LogP contribution in [0.5, 0.6) is 0 Å². The van der Waals surface area contributed by atoms with E-state index >= 15 is 0 Å². The van der Waals surface area contributed by atoms with Gasteiger partial charge in [-0.25, -0.2) is 4.39 Å². The summed E-state index contributed by atoms with van der Waals surface area (Å²) in [5.41, 5.74) is 1.01. The van der Waals surface area contributed by atoms with Crippen molar-refractivity contribution in [3.8, 4) is 0 Å². The number of hydrogen-bond acceptors (Lipinski definition) is 1. The normalized spacial score (nSPS) is 30.9. The van der Waals surface area contributed by atoms with Gasteiger partial charge in [0.15, 0.2) is 0 Å². The minimum atomic E-state index is -0.167. The molecule has 0 amide bonds. The summed E-state index contributed by atoms with van der Waals surface area (Å²) in [6.07, 6.45) is 4.65. The number of halogens is 1. The standard InChI is InChI=1S/C6H4FN/c7-4-1-2-5-6(3-4)8-5/h1-3,6H. The quantitative estimate of drug-likeness (QED) is 0.443. The largest absolute Gasteiger partial charge is 0.273 e. The number of allylic oxidation sites excluding steroid dienone is 2. The minimum Gasteiger partial charge on any atom is -0.273 e. The van der Waals surface area contributed by atoms with E-state index in [0.29, 0.717) is 0 Å². The fraction of sp³-hybridized carbons (Fsp3) is 0.167. The van der Waals surface area contributed by atoms with Crippen LogP contribution in [0, 0.1) is 0 Å². The number of aliphatic imine (C=N–C) groups is 1. The molecule has 0 spiro atoms. The van der Waals surface area contributed by atoms with E-state index in [2.05, 4.69) is 4.99 Å². The molecule has 1 aliphatic heterocycles. The Morgan fingerprint density at radius 3 is 3.00 bits per heavy atom. The maximum Gasteiger partial charge on any atom is 0.121 e. The zero-order valence-electron chi connectivity index (χ0n) is 4.13. The molecule has 0 aromatic carbocycles. The first-order chi connectivity index (χ1) is 3.86. The maximum atomic E-state index is 12.2. The van der Waals surface area contributed by atoms with Gasteiger partial charge in [-0.2, -0.15) is 0 Å². The van der Waals surface area contributed by atoms with Crippen molar-refractivity contribution < 1.29 is 4.39 Å². The van der Waals surface area contributed by atoms with Gasteiger partial charge in [0.2, 0.25) is 0 Å². The number of fused-ring (bicyclic) bond motifs is 1. The van der Waals surface area contributed by atoms with Gasteiger partial charge in [0.1, 0.15) is 11.9 Å². The lowest BCUT2D eigenvalue weighted by molar-refractivity contribution is 0.661. The summed E-state index contributed by atoms with van der Waals surface area (Å²) < 4.78 is 12.2. The van der Waals surface area contributed by atoms with Crippen LogP contribution in [0.2, 0.25) is 0 Å². The molecular weight excluding hydrogens is 105 g/mol. The average molecular weight is 109 g/mol. The molecule has 8 heavy (non-hydrogen) atoms. The van der Waals surface area contributed by atoms with Gasteiger partial charge in [-0.3, -0.25) is 4.99 Å². The number of nitrogens with zero attached hydrogens (tertiary/aromatic N) is 1. The highest BCUT2D eigenvalue weighted by Gasteiger charge is 2.25. The molecule has 0 N–H and O–H groups in total. The molecular formula is C6H4FN. The minimum absolute atomic E-state index is 0.0972. The van der Waals surface area contributed by atoms with E-state index in [1.165, 1.54) is 12.2 Å². The topological polar surface area (TPSA) is 12.4 Å². The van der Waals surface area contributed by atoms with Crippen molar-refractivity contribution in [3.63, 3.8) is 0 Å². The van der Waals surface area contributed by atoms with Gasteiger partial charge in [-0.1, -0.05) is 0 Å². The van der Waals surface area contributed by atoms with Crippen molar-refractivity contribution in [1.82, 2.24) is 0 Å². The lowest BCUT2D eigenvalue weighted by atomic mass is 10.2. The molecule has 0 fully saturated rings. The van der Waals surface area contributed by atoms with Crippen LogP contribution < -0.4 is 0 Å². The van der Waals surface area contributed by atoms with Crippen LogP contribution in [0.1, 0.15) is 0 Å². The lowest BCUT2D eigenvalue weighted by Crippen LogP contribution is -1.93. The summed E-state index contributed by atoms with van der Waals surface area (Å²) in [7, 11) is 0. The van der Waals surface area contributed by atoms with Crippen LogP contribution in [0.3, 0.4) is 0 Å². The highest BCUT2D eigenvalue weighted by atomic mass is 19.1. The molecule has 0 saturated carbocycles. The van der Waals surface area contributed by atoms with Crippen molar-refractivity contribution >= 4 is 5.71 Å². The van der Waals surface area contributed by atoms with Crippen LogP contribution in [0.4, 0.5) is 4.39 Å². The first-order valence-electron chi connectivity index (χ1n) is 2.49. The van der Waals surface area contributed by atoms with Crippen molar-refractivity contribution in [2.45, 2.75) is 6.04 Å². The van der Waals surface area contributed by atoms with Crippen LogP contribution in [-0.2, 0) is 0 Å². The summed E-state index contributed by atoms with van der Waals surface area (Å²) in [4.78, 5) is 3.92. The van der Waals surface area contributed by atoms with Gasteiger partial charge in [0, 0.05) is 0 Å². The fourth-order valence-electron chi connectivity index (χ4n) is 0.759. The molecule has 1 nitrogen and oxygen atoms in total. The highest BCUT2D eigenvalue weighted by Crippen LogP contribution is 2.22. The van der Waals surface area contributed by atoms with Crippen LogP contribution in [0.15, 0.2) is 29.0 Å². The smallest absolute Gasteiger partial charge is 0.121 e. The average Bonchev–Trinajstić information content (AvgIpc) is 2.43. The maximum absolute atomic E-state index is 12.2. The Balaban J connectivity index is 2.34. The molecule has 0 radical (unpaired) electrons. The third kappa shape index (κ3) is 0.427. The van der Waals surface area contributed by atoms with Crippen LogP contribution >= 0.6 is 0 Å². The van der Waals surface area contributed by atoms with Gasteiger partial charge in [-0.15, -0.1) is 0 Å². The molecule has 0 saturated heterocycles. The molecule has 2 rings (SSSR count). The van der Waals surface area contributed by atoms with E-state index in [1.807, 2.05) is 0 Å². The molecule has 0 aromatic rings. The van der Waals surface area contributed by atoms with E-state index in [1.54, 1.807) is 6.08 Å². The second-order valence-corrected chi connectivity index (χ2v) is 1.88. The lowest BCUT2D eigenvalue weighted by Gasteiger charge is -1.89. The van der Waals surface area contributed by atoms with E-state index in [0.717, 1.165) is 5.71 Å². The van der Waals surface area contributed by atoms with Crippen molar-refractivity contribution in [2.75, 3.05) is 0 Å². The Hall–Kier alpha value is -0.920. The van der Waals surface area contributed by atoms with Crippen LogP contribution in [-0.4, -0.2) is 11.8 Å². The van der Waals surface area contributed by atoms with E-state index in [9.17, 15) is 4.39 Å². The summed E-state index contributed by atoms with van der Waals surface area (Å²) in [5.74, 6) is -0.167. The fourth-order valence-corrected chi connectivity index (χ4v) is 0.759. The molecule has 1 unspecified atom stereocenters. The third-order valence-corrected chi connectivity index (χ3v) is 1.25. The van der Waals surface area contributed by atoms with Crippen molar-refractivity contribution in [2.24, 2.45) is 4.99 Å². The van der Waals surface area contributed by atoms with Gasteiger partial charge < -0.3 is 0 Å². The SMILES string of the molecule is FC1=CC2N=C2C=C1. The number of rotatable bonds is 0. The molecule has 0 aromatic heterocycles. The third-order valence-electron chi connectivity index (χ3n) is 1.25. The Bertz CT molecular complexity index is 213. The van der Waals surface area contributed by atoms with E-state index in [-0.39, 0.29) is 11.9 Å². The second kappa shape index (κ2) is 1.08. The van der Waals surface area contributed by atoms with Gasteiger partial charge in [-0.05, 0) is 18.2 Å². The predicted octanol–water partition coefficient (Wildman–Crippen LogP) is 1.23. The molecule has 40 valence electrons. The second-order valence-electron chi connectivity index (χ2n) is 1.88. The molecule has 2 heteroatoms.